The lowest BCUT2D eigenvalue weighted by atomic mass is 9.86. The Kier molecular flexibility index (Phi) is 7.94. The number of rotatable bonds is 10. The standard InChI is InChI=1S/C27H31FN2O/c1-4-30(5-2)26-18-11-21(19-29-26)7-6-8-25(22-14-16-24(28)17-15-22)27(31)23-12-9-20(3)10-13-23/h9-19,25H,4-8H2,1-3H3. The second kappa shape index (κ2) is 10.9. The van der Waals surface area contributed by atoms with Gasteiger partial charge < -0.3 is 4.90 Å². The van der Waals surface area contributed by atoms with E-state index in [1.165, 1.54) is 12.1 Å². The number of carbonyl (C=O) groups excluding carboxylic acids is 1. The minimum Gasteiger partial charge on any atom is -0.357 e. The zero-order valence-electron chi connectivity index (χ0n) is 18.6. The largest absolute Gasteiger partial charge is 0.357 e. The molecule has 1 heterocycles. The van der Waals surface area contributed by atoms with Crippen molar-refractivity contribution in [2.75, 3.05) is 18.0 Å². The van der Waals surface area contributed by atoms with Crippen molar-refractivity contribution in [2.24, 2.45) is 0 Å². The Balaban J connectivity index is 1.71. The van der Waals surface area contributed by atoms with Crippen LogP contribution in [0, 0.1) is 12.7 Å². The molecule has 0 radical (unpaired) electrons. The van der Waals surface area contributed by atoms with Crippen LogP contribution >= 0.6 is 0 Å². The van der Waals surface area contributed by atoms with E-state index in [0.717, 1.165) is 48.4 Å². The molecule has 0 amide bonds. The van der Waals surface area contributed by atoms with Gasteiger partial charge in [0.25, 0.3) is 0 Å². The maximum atomic E-state index is 13.4. The molecule has 0 fully saturated rings. The van der Waals surface area contributed by atoms with Crippen LogP contribution < -0.4 is 4.90 Å². The van der Waals surface area contributed by atoms with Crippen LogP contribution in [-0.4, -0.2) is 23.9 Å². The number of anilines is 1. The van der Waals surface area contributed by atoms with Gasteiger partial charge in [-0.3, -0.25) is 4.79 Å². The number of aromatic nitrogens is 1. The van der Waals surface area contributed by atoms with E-state index in [0.29, 0.717) is 12.0 Å². The minimum atomic E-state index is -0.287. The minimum absolute atomic E-state index is 0.0848. The van der Waals surface area contributed by atoms with Crippen molar-refractivity contribution in [1.82, 2.24) is 4.98 Å². The fourth-order valence-electron chi connectivity index (χ4n) is 3.87. The van der Waals surface area contributed by atoms with Gasteiger partial charge in [-0.1, -0.05) is 48.0 Å². The first kappa shape index (κ1) is 22.7. The molecule has 1 aromatic heterocycles. The van der Waals surface area contributed by atoms with Gasteiger partial charge in [-0.2, -0.15) is 0 Å². The first-order valence-electron chi connectivity index (χ1n) is 11.1. The molecule has 4 heteroatoms. The predicted octanol–water partition coefficient (Wildman–Crippen LogP) is 6.36. The number of Topliss-reactive ketones (excluding diaryl/α,β-unsaturated/α-hetero) is 1. The van der Waals surface area contributed by atoms with Gasteiger partial charge in [0.1, 0.15) is 11.6 Å². The number of nitrogens with zero attached hydrogens (tertiary/aromatic N) is 2. The van der Waals surface area contributed by atoms with Crippen LogP contribution in [-0.2, 0) is 6.42 Å². The fourth-order valence-corrected chi connectivity index (χ4v) is 3.87. The first-order chi connectivity index (χ1) is 15.0. The lowest BCUT2D eigenvalue weighted by Crippen LogP contribution is -2.22. The quantitative estimate of drug-likeness (QED) is 0.359. The number of hydrogen-bond donors (Lipinski definition) is 0. The van der Waals surface area contributed by atoms with Crippen molar-refractivity contribution in [3.8, 4) is 0 Å². The molecule has 0 aliphatic carbocycles. The van der Waals surface area contributed by atoms with Gasteiger partial charge in [0.05, 0.1) is 0 Å². The maximum absolute atomic E-state index is 13.4. The third-order valence-electron chi connectivity index (χ3n) is 5.78. The monoisotopic (exact) mass is 418 g/mol. The van der Waals surface area contributed by atoms with E-state index in [-0.39, 0.29) is 17.5 Å². The summed E-state index contributed by atoms with van der Waals surface area (Å²) in [6.07, 6.45) is 4.34. The Morgan fingerprint density at radius 3 is 2.23 bits per heavy atom. The number of aryl methyl sites for hydroxylation is 2. The molecule has 3 aromatic rings. The zero-order chi connectivity index (χ0) is 22.2. The normalized spacial score (nSPS) is 11.9. The zero-order valence-corrected chi connectivity index (χ0v) is 18.6. The Hall–Kier alpha value is -3.01. The van der Waals surface area contributed by atoms with E-state index in [1.54, 1.807) is 12.1 Å². The number of benzene rings is 2. The molecule has 0 spiro atoms. The van der Waals surface area contributed by atoms with E-state index >= 15 is 0 Å². The SMILES string of the molecule is CCN(CC)c1ccc(CCCC(C(=O)c2ccc(C)cc2)c2ccc(F)cc2)cn1. The van der Waals surface area contributed by atoms with E-state index in [1.807, 2.05) is 37.4 Å². The van der Waals surface area contributed by atoms with E-state index in [2.05, 4.69) is 35.9 Å². The molecular formula is C27H31FN2O. The summed E-state index contributed by atoms with van der Waals surface area (Å²) in [5, 5.41) is 0. The van der Waals surface area contributed by atoms with E-state index in [4.69, 9.17) is 0 Å². The van der Waals surface area contributed by atoms with Gasteiger partial charge in [-0.25, -0.2) is 9.37 Å². The molecular weight excluding hydrogens is 387 g/mol. The molecule has 3 nitrogen and oxygen atoms in total. The predicted molar refractivity (Wildman–Crippen MR) is 125 cm³/mol. The molecule has 0 saturated carbocycles. The summed E-state index contributed by atoms with van der Waals surface area (Å²) in [5.74, 6) is 0.505. The maximum Gasteiger partial charge on any atom is 0.170 e. The van der Waals surface area contributed by atoms with Crippen molar-refractivity contribution in [1.29, 1.82) is 0 Å². The average molecular weight is 419 g/mol. The first-order valence-corrected chi connectivity index (χ1v) is 11.1. The molecule has 2 aromatic carbocycles. The van der Waals surface area contributed by atoms with E-state index < -0.39 is 0 Å². The third kappa shape index (κ3) is 6.00. The third-order valence-corrected chi connectivity index (χ3v) is 5.78. The topological polar surface area (TPSA) is 33.2 Å². The highest BCUT2D eigenvalue weighted by atomic mass is 19.1. The van der Waals surface area contributed by atoms with Crippen molar-refractivity contribution in [3.05, 3.63) is 94.9 Å². The lowest BCUT2D eigenvalue weighted by molar-refractivity contribution is 0.0954. The van der Waals surface area contributed by atoms with Gasteiger partial charge in [-0.05, 0) is 69.4 Å². The van der Waals surface area contributed by atoms with Crippen LogP contribution in [0.3, 0.4) is 0 Å². The van der Waals surface area contributed by atoms with Crippen LogP contribution in [0.1, 0.15) is 59.7 Å². The highest BCUT2D eigenvalue weighted by Gasteiger charge is 2.22. The van der Waals surface area contributed by atoms with Crippen molar-refractivity contribution < 1.29 is 9.18 Å². The highest BCUT2D eigenvalue weighted by molar-refractivity contribution is 6.01. The molecule has 0 aliphatic rings. The van der Waals surface area contributed by atoms with Gasteiger partial charge in [0.2, 0.25) is 0 Å². The summed E-state index contributed by atoms with van der Waals surface area (Å²) >= 11 is 0. The van der Waals surface area contributed by atoms with Crippen molar-refractivity contribution in [3.63, 3.8) is 0 Å². The number of pyridine rings is 1. The van der Waals surface area contributed by atoms with Crippen LogP contribution in [0.4, 0.5) is 10.2 Å². The summed E-state index contributed by atoms with van der Waals surface area (Å²) in [6, 6.07) is 18.2. The van der Waals surface area contributed by atoms with Gasteiger partial charge in [0.15, 0.2) is 5.78 Å². The lowest BCUT2D eigenvalue weighted by Gasteiger charge is -2.20. The highest BCUT2D eigenvalue weighted by Crippen LogP contribution is 2.27. The summed E-state index contributed by atoms with van der Waals surface area (Å²) in [6.45, 7) is 8.12. The number of hydrogen-bond acceptors (Lipinski definition) is 3. The average Bonchev–Trinajstić information content (AvgIpc) is 2.79. The molecule has 0 aliphatic heterocycles. The molecule has 3 rings (SSSR count). The van der Waals surface area contributed by atoms with Crippen LogP contribution in [0.5, 0.6) is 0 Å². The molecule has 1 unspecified atom stereocenters. The smallest absolute Gasteiger partial charge is 0.170 e. The van der Waals surface area contributed by atoms with Crippen molar-refractivity contribution in [2.45, 2.75) is 46.0 Å². The van der Waals surface area contributed by atoms with Crippen molar-refractivity contribution >= 4 is 11.6 Å². The molecule has 0 saturated heterocycles. The number of carbonyl (C=O) groups is 1. The number of ketones is 1. The molecule has 1 atom stereocenters. The van der Waals surface area contributed by atoms with Gasteiger partial charge in [0, 0.05) is 30.8 Å². The molecule has 31 heavy (non-hydrogen) atoms. The molecule has 162 valence electrons. The Labute approximate surface area is 185 Å². The van der Waals surface area contributed by atoms with E-state index in [9.17, 15) is 9.18 Å². The number of halogens is 1. The second-order valence-corrected chi connectivity index (χ2v) is 7.92. The van der Waals surface area contributed by atoms with Crippen LogP contribution in [0.15, 0.2) is 66.9 Å². The van der Waals surface area contributed by atoms with Gasteiger partial charge in [-0.15, -0.1) is 0 Å². The summed E-state index contributed by atoms with van der Waals surface area (Å²) in [5.41, 5.74) is 3.85. The van der Waals surface area contributed by atoms with Gasteiger partial charge >= 0.3 is 0 Å². The summed E-state index contributed by atoms with van der Waals surface area (Å²) < 4.78 is 13.4. The van der Waals surface area contributed by atoms with Crippen LogP contribution in [0.2, 0.25) is 0 Å². The fraction of sp³-hybridized carbons (Fsp3) is 0.333. The summed E-state index contributed by atoms with van der Waals surface area (Å²) in [4.78, 5) is 20.1. The Morgan fingerprint density at radius 2 is 1.65 bits per heavy atom. The van der Waals surface area contributed by atoms with Crippen LogP contribution in [0.25, 0.3) is 0 Å². The molecule has 0 bridgehead atoms. The second-order valence-electron chi connectivity index (χ2n) is 7.92. The summed E-state index contributed by atoms with van der Waals surface area (Å²) in [7, 11) is 0. The Bertz CT molecular complexity index is 962. The Morgan fingerprint density at radius 1 is 0.968 bits per heavy atom. The molecule has 0 N–H and O–H groups in total.